The van der Waals surface area contributed by atoms with Crippen LogP contribution in [0.15, 0.2) is 73.2 Å². The third-order valence-corrected chi connectivity index (χ3v) is 6.90. The summed E-state index contributed by atoms with van der Waals surface area (Å²) in [4.78, 5) is 19.4. The first-order valence-electron chi connectivity index (χ1n) is 12.4. The van der Waals surface area contributed by atoms with Gasteiger partial charge in [-0.1, -0.05) is 42.5 Å². The standard InChI is InChI=1S/C28H28N8O2/c1-38-28-24(13-23(15-31-28)21-9-7-20(14-29)8-10-21)16-30-26-11-12-35(27(37)18-36-19-32-33-34-36)17-25(26)22-5-3-2-4-6-22/h2-10,13,15,19,25-26,30H,11-12,16-18H2,1H3/t25-,26-/m0/s1. The number of carbonyl (C=O) groups excluding carboxylic acids is 1. The van der Waals surface area contributed by atoms with Crippen molar-refractivity contribution in [2.45, 2.75) is 31.5 Å². The van der Waals surface area contributed by atoms with Gasteiger partial charge in [0, 0.05) is 48.9 Å². The second-order valence-corrected chi connectivity index (χ2v) is 9.22. The highest BCUT2D eigenvalue weighted by atomic mass is 16.5. The van der Waals surface area contributed by atoms with E-state index in [1.54, 1.807) is 25.4 Å². The molecule has 10 nitrogen and oxygen atoms in total. The Balaban J connectivity index is 1.33. The molecule has 1 aliphatic rings. The Morgan fingerprint density at radius 1 is 1.16 bits per heavy atom. The third kappa shape index (κ3) is 5.68. The number of tetrazole rings is 1. The molecule has 0 spiro atoms. The number of rotatable bonds is 8. The lowest BCUT2D eigenvalue weighted by Crippen LogP contribution is -2.50. The van der Waals surface area contributed by atoms with Crippen LogP contribution in [-0.2, 0) is 17.9 Å². The summed E-state index contributed by atoms with van der Waals surface area (Å²) in [5, 5.41) is 23.9. The molecule has 4 aromatic rings. The van der Waals surface area contributed by atoms with Gasteiger partial charge in [-0.3, -0.25) is 4.79 Å². The van der Waals surface area contributed by atoms with Crippen LogP contribution in [0, 0.1) is 11.3 Å². The Hall–Kier alpha value is -4.62. The zero-order valence-corrected chi connectivity index (χ0v) is 21.1. The number of pyridine rings is 1. The molecule has 1 saturated heterocycles. The van der Waals surface area contributed by atoms with Gasteiger partial charge in [-0.05, 0) is 46.2 Å². The van der Waals surface area contributed by atoms with Crippen molar-refractivity contribution in [2.24, 2.45) is 0 Å². The lowest BCUT2D eigenvalue weighted by atomic mass is 9.85. The van der Waals surface area contributed by atoms with Crippen molar-refractivity contribution >= 4 is 5.91 Å². The quantitative estimate of drug-likeness (QED) is 0.386. The van der Waals surface area contributed by atoms with Gasteiger partial charge in [0.1, 0.15) is 12.9 Å². The van der Waals surface area contributed by atoms with Gasteiger partial charge >= 0.3 is 0 Å². The molecule has 1 fully saturated rings. The van der Waals surface area contributed by atoms with Crippen LogP contribution < -0.4 is 10.1 Å². The number of hydrogen-bond donors (Lipinski definition) is 1. The first-order valence-corrected chi connectivity index (χ1v) is 12.4. The van der Waals surface area contributed by atoms with Crippen molar-refractivity contribution in [1.82, 2.24) is 35.4 Å². The molecular formula is C28H28N8O2. The lowest BCUT2D eigenvalue weighted by Gasteiger charge is -2.39. The maximum Gasteiger partial charge on any atom is 0.244 e. The number of hydrogen-bond acceptors (Lipinski definition) is 8. The summed E-state index contributed by atoms with van der Waals surface area (Å²) in [5.41, 5.74) is 4.68. The van der Waals surface area contributed by atoms with E-state index in [2.05, 4.69) is 50.1 Å². The summed E-state index contributed by atoms with van der Waals surface area (Å²) in [7, 11) is 1.62. The Labute approximate surface area is 220 Å². The minimum absolute atomic E-state index is 0.00216. The first kappa shape index (κ1) is 25.0. The number of nitrogens with one attached hydrogen (secondary N) is 1. The van der Waals surface area contributed by atoms with E-state index < -0.39 is 0 Å². The van der Waals surface area contributed by atoms with Gasteiger partial charge in [0.2, 0.25) is 11.8 Å². The number of nitrogens with zero attached hydrogens (tertiary/aromatic N) is 7. The molecule has 10 heteroatoms. The molecule has 38 heavy (non-hydrogen) atoms. The fourth-order valence-corrected chi connectivity index (χ4v) is 4.90. The summed E-state index contributed by atoms with van der Waals surface area (Å²) in [6.07, 6.45) is 4.03. The number of carbonyl (C=O) groups is 1. The SMILES string of the molecule is COc1ncc(-c2ccc(C#N)cc2)cc1CN[C@H]1CCN(C(=O)Cn2cnnn2)C[C@H]1c1ccccc1. The summed E-state index contributed by atoms with van der Waals surface area (Å²) < 4.78 is 7.01. The van der Waals surface area contributed by atoms with Crippen LogP contribution in [0.4, 0.5) is 0 Å². The van der Waals surface area contributed by atoms with Crippen LogP contribution in [0.25, 0.3) is 11.1 Å². The molecule has 2 atom stereocenters. The number of amides is 1. The molecule has 1 amide bonds. The smallest absolute Gasteiger partial charge is 0.244 e. The van der Waals surface area contributed by atoms with Gasteiger partial charge in [0.15, 0.2) is 0 Å². The van der Waals surface area contributed by atoms with Crippen LogP contribution in [0.3, 0.4) is 0 Å². The number of likely N-dealkylation sites (tertiary alicyclic amines) is 1. The van der Waals surface area contributed by atoms with Crippen LogP contribution >= 0.6 is 0 Å². The van der Waals surface area contributed by atoms with E-state index in [0.717, 1.165) is 23.1 Å². The van der Waals surface area contributed by atoms with Gasteiger partial charge in [0.05, 0.1) is 18.7 Å². The second kappa shape index (κ2) is 11.6. The molecule has 0 saturated carbocycles. The highest BCUT2D eigenvalue weighted by molar-refractivity contribution is 5.76. The Morgan fingerprint density at radius 2 is 1.97 bits per heavy atom. The van der Waals surface area contributed by atoms with Gasteiger partial charge < -0.3 is 15.0 Å². The van der Waals surface area contributed by atoms with E-state index in [0.29, 0.717) is 31.1 Å². The molecule has 0 radical (unpaired) electrons. The Morgan fingerprint density at radius 3 is 2.68 bits per heavy atom. The Kier molecular flexibility index (Phi) is 7.66. The van der Waals surface area contributed by atoms with Crippen molar-refractivity contribution in [1.29, 1.82) is 5.26 Å². The monoisotopic (exact) mass is 508 g/mol. The zero-order chi connectivity index (χ0) is 26.3. The number of piperidine rings is 1. The fourth-order valence-electron chi connectivity index (χ4n) is 4.90. The predicted octanol–water partition coefficient (Wildman–Crippen LogP) is 2.79. The molecule has 2 aromatic heterocycles. The number of nitriles is 1. The first-order chi connectivity index (χ1) is 18.6. The lowest BCUT2D eigenvalue weighted by molar-refractivity contribution is -0.133. The molecule has 1 N–H and O–H groups in total. The minimum Gasteiger partial charge on any atom is -0.481 e. The van der Waals surface area contributed by atoms with Gasteiger partial charge in [0.25, 0.3) is 0 Å². The van der Waals surface area contributed by atoms with E-state index in [1.807, 2.05) is 35.2 Å². The van der Waals surface area contributed by atoms with Crippen LogP contribution in [0.1, 0.15) is 29.0 Å². The van der Waals surface area contributed by atoms with Gasteiger partial charge in [-0.25, -0.2) is 9.67 Å². The van der Waals surface area contributed by atoms with Crippen molar-refractivity contribution in [3.8, 4) is 23.1 Å². The predicted molar refractivity (Wildman–Crippen MR) is 140 cm³/mol. The molecular weight excluding hydrogens is 480 g/mol. The second-order valence-electron chi connectivity index (χ2n) is 9.22. The molecule has 5 rings (SSSR count). The minimum atomic E-state index is -0.00216. The van der Waals surface area contributed by atoms with E-state index in [1.165, 1.54) is 16.6 Å². The fraction of sp³-hybridized carbons (Fsp3) is 0.286. The van der Waals surface area contributed by atoms with Crippen molar-refractivity contribution in [3.63, 3.8) is 0 Å². The molecule has 2 aromatic carbocycles. The summed E-state index contributed by atoms with van der Waals surface area (Å²) >= 11 is 0. The number of benzene rings is 2. The van der Waals surface area contributed by atoms with Crippen molar-refractivity contribution < 1.29 is 9.53 Å². The topological polar surface area (TPSA) is 122 Å². The average molecular weight is 509 g/mol. The van der Waals surface area contributed by atoms with Crippen molar-refractivity contribution in [3.05, 3.63) is 89.9 Å². The van der Waals surface area contributed by atoms with Crippen LogP contribution in [0.2, 0.25) is 0 Å². The maximum atomic E-state index is 13.0. The molecule has 192 valence electrons. The van der Waals surface area contributed by atoms with Gasteiger partial charge in [-0.2, -0.15) is 5.26 Å². The largest absolute Gasteiger partial charge is 0.481 e. The van der Waals surface area contributed by atoms with Crippen molar-refractivity contribution in [2.75, 3.05) is 20.2 Å². The number of ether oxygens (including phenoxy) is 1. The number of methoxy groups -OCH3 is 1. The highest BCUT2D eigenvalue weighted by Crippen LogP contribution is 2.29. The van der Waals surface area contributed by atoms with E-state index >= 15 is 0 Å². The summed E-state index contributed by atoms with van der Waals surface area (Å²) in [6.45, 7) is 1.93. The third-order valence-electron chi connectivity index (χ3n) is 6.90. The van der Waals surface area contributed by atoms with E-state index in [-0.39, 0.29) is 24.4 Å². The Bertz CT molecular complexity index is 1400. The molecule has 0 unspecified atom stereocenters. The number of aromatic nitrogens is 5. The maximum absolute atomic E-state index is 13.0. The average Bonchev–Trinajstić information content (AvgIpc) is 3.49. The molecule has 3 heterocycles. The highest BCUT2D eigenvalue weighted by Gasteiger charge is 2.32. The molecule has 1 aliphatic heterocycles. The summed E-state index contributed by atoms with van der Waals surface area (Å²) in [5.74, 6) is 0.682. The van der Waals surface area contributed by atoms with Crippen LogP contribution in [-0.4, -0.2) is 62.2 Å². The zero-order valence-electron chi connectivity index (χ0n) is 21.1. The molecule has 0 bridgehead atoms. The van der Waals surface area contributed by atoms with E-state index in [9.17, 15) is 4.79 Å². The van der Waals surface area contributed by atoms with Gasteiger partial charge in [-0.15, -0.1) is 5.10 Å². The normalized spacial score (nSPS) is 17.1. The van der Waals surface area contributed by atoms with E-state index in [4.69, 9.17) is 10.00 Å². The summed E-state index contributed by atoms with van der Waals surface area (Å²) in [6, 6.07) is 22.1. The van der Waals surface area contributed by atoms with Crippen LogP contribution in [0.5, 0.6) is 5.88 Å². The molecule has 0 aliphatic carbocycles.